The number of unbranched alkanes of at least 4 members (excludes halogenated alkanes) is 7. The molecule has 0 amide bonds. The summed E-state index contributed by atoms with van der Waals surface area (Å²) in [7, 11) is 5.01. The molecule has 0 bridgehead atoms. The van der Waals surface area contributed by atoms with Crippen LogP contribution in [0.15, 0.2) is 36.5 Å². The van der Waals surface area contributed by atoms with E-state index in [2.05, 4.69) is 39.9 Å². The SMILES string of the molecule is COc1cc2c(cc1OC)-c1cc3ccc(OC)c(OCCCCCCCCCCO[N+](=O)[O-])c3c[n+]1CC2.[Br-]. The minimum absolute atomic E-state index is 0. The van der Waals surface area contributed by atoms with Crippen molar-refractivity contribution in [1.29, 1.82) is 0 Å². The normalized spacial score (nSPS) is 11.7. The summed E-state index contributed by atoms with van der Waals surface area (Å²) in [4.78, 5) is 14.5. The molecule has 10 heteroatoms. The quantitative estimate of drug-likeness (QED) is 0.105. The lowest BCUT2D eigenvalue weighted by Crippen LogP contribution is -3.00. The number of fused-ring (bicyclic) bond motifs is 4. The summed E-state index contributed by atoms with van der Waals surface area (Å²) in [6, 6.07) is 10.4. The van der Waals surface area contributed by atoms with Gasteiger partial charge >= 0.3 is 0 Å². The van der Waals surface area contributed by atoms with Crippen LogP contribution in [-0.4, -0.2) is 39.6 Å². The van der Waals surface area contributed by atoms with E-state index in [0.29, 0.717) is 6.61 Å². The number of hydrogen-bond acceptors (Lipinski definition) is 7. The molecule has 0 fully saturated rings. The van der Waals surface area contributed by atoms with Gasteiger partial charge in [0.05, 0.1) is 45.5 Å². The molecule has 40 heavy (non-hydrogen) atoms. The lowest BCUT2D eigenvalue weighted by molar-refractivity contribution is -0.757. The molecule has 2 heterocycles. The van der Waals surface area contributed by atoms with Crippen molar-refractivity contribution in [2.24, 2.45) is 0 Å². The first-order chi connectivity index (χ1) is 19.0. The van der Waals surface area contributed by atoms with Crippen molar-refractivity contribution in [3.63, 3.8) is 0 Å². The molecule has 0 aliphatic carbocycles. The first-order valence-electron chi connectivity index (χ1n) is 13.7. The highest BCUT2D eigenvalue weighted by molar-refractivity contribution is 5.91. The van der Waals surface area contributed by atoms with Gasteiger partial charge in [-0.1, -0.05) is 38.5 Å². The van der Waals surface area contributed by atoms with Gasteiger partial charge in [-0.2, -0.15) is 4.57 Å². The van der Waals surface area contributed by atoms with Crippen molar-refractivity contribution < 1.29 is 50.4 Å². The number of halogens is 1. The molecule has 0 N–H and O–H groups in total. The Hall–Kier alpha value is -3.27. The standard InChI is InChI=1S/C30H39N2O7.BrH/c1-35-27-13-12-22-18-26-24-20-29(37-3)28(36-2)19-23(24)14-15-31(26)21-25(22)30(27)38-16-10-8-6-4-5-7-9-11-17-39-32(33)34;/h12-13,18-21H,4-11,14-17H2,1-3H3;1H/q+1;/p-1. The molecule has 218 valence electrons. The number of rotatable bonds is 16. The van der Waals surface area contributed by atoms with Gasteiger partial charge in [0.1, 0.15) is 0 Å². The summed E-state index contributed by atoms with van der Waals surface area (Å²) in [6.07, 6.45) is 11.4. The van der Waals surface area contributed by atoms with Gasteiger partial charge in [0.25, 0.3) is 5.09 Å². The number of benzene rings is 2. The van der Waals surface area contributed by atoms with E-state index in [9.17, 15) is 10.1 Å². The number of aryl methyl sites for hydroxylation is 2. The highest BCUT2D eigenvalue weighted by atomic mass is 79.9. The Bertz CT molecular complexity index is 1280. The predicted octanol–water partition coefficient (Wildman–Crippen LogP) is 3.09. The first kappa shape index (κ1) is 31.3. The second-order valence-corrected chi connectivity index (χ2v) is 9.80. The van der Waals surface area contributed by atoms with Crippen molar-refractivity contribution in [1.82, 2.24) is 0 Å². The Morgan fingerprint density at radius 2 is 1.45 bits per heavy atom. The van der Waals surface area contributed by atoms with E-state index < -0.39 is 5.09 Å². The van der Waals surface area contributed by atoms with Crippen LogP contribution < -0.4 is 40.5 Å². The Labute approximate surface area is 246 Å². The first-order valence-corrected chi connectivity index (χ1v) is 13.7. The maximum absolute atomic E-state index is 10.1. The number of ether oxygens (including phenoxy) is 4. The summed E-state index contributed by atoms with van der Waals surface area (Å²) < 4.78 is 25.3. The monoisotopic (exact) mass is 618 g/mol. The fraction of sp³-hybridized carbons (Fsp3) is 0.500. The number of aromatic nitrogens is 1. The van der Waals surface area contributed by atoms with Crippen LogP contribution >= 0.6 is 0 Å². The second-order valence-electron chi connectivity index (χ2n) is 9.80. The molecule has 0 atom stereocenters. The average Bonchev–Trinajstić information content (AvgIpc) is 2.95. The third-order valence-electron chi connectivity index (χ3n) is 7.29. The molecule has 9 nitrogen and oxygen atoms in total. The van der Waals surface area contributed by atoms with Gasteiger partial charge in [-0.15, -0.1) is 10.1 Å². The van der Waals surface area contributed by atoms with E-state index in [4.69, 9.17) is 18.9 Å². The van der Waals surface area contributed by atoms with Crippen LogP contribution in [0.4, 0.5) is 0 Å². The minimum Gasteiger partial charge on any atom is -1.00 e. The van der Waals surface area contributed by atoms with E-state index in [0.717, 1.165) is 109 Å². The van der Waals surface area contributed by atoms with Gasteiger partial charge in [-0.3, -0.25) is 0 Å². The summed E-state index contributed by atoms with van der Waals surface area (Å²) in [5.74, 6) is 3.02. The second kappa shape index (κ2) is 15.5. The average molecular weight is 620 g/mol. The van der Waals surface area contributed by atoms with Gasteiger partial charge in [-0.05, 0) is 48.1 Å². The number of hydrogen-bond donors (Lipinski definition) is 0. The molecule has 1 aromatic heterocycles. The third-order valence-corrected chi connectivity index (χ3v) is 7.29. The van der Waals surface area contributed by atoms with E-state index in [1.165, 1.54) is 5.56 Å². The maximum Gasteiger partial charge on any atom is 0.294 e. The van der Waals surface area contributed by atoms with Gasteiger partial charge in [-0.25, -0.2) is 0 Å². The van der Waals surface area contributed by atoms with E-state index in [-0.39, 0.29) is 23.6 Å². The lowest BCUT2D eigenvalue weighted by atomic mass is 9.95. The molecule has 0 saturated heterocycles. The Morgan fingerprint density at radius 3 is 2.10 bits per heavy atom. The van der Waals surface area contributed by atoms with Crippen LogP contribution in [0, 0.1) is 10.1 Å². The van der Waals surface area contributed by atoms with Crippen molar-refractivity contribution in [3.8, 4) is 34.3 Å². The van der Waals surface area contributed by atoms with Gasteiger partial charge < -0.3 is 40.8 Å². The van der Waals surface area contributed by atoms with E-state index in [1.54, 1.807) is 21.3 Å². The molecule has 2 aromatic carbocycles. The minimum atomic E-state index is -0.725. The van der Waals surface area contributed by atoms with Crippen molar-refractivity contribution >= 4 is 10.8 Å². The molecule has 4 rings (SSSR count). The van der Waals surface area contributed by atoms with Crippen LogP contribution in [0.3, 0.4) is 0 Å². The zero-order valence-electron chi connectivity index (χ0n) is 23.6. The van der Waals surface area contributed by atoms with Crippen molar-refractivity contribution in [2.45, 2.75) is 64.3 Å². The molecule has 1 aliphatic rings. The summed E-state index contributed by atoms with van der Waals surface area (Å²) in [5, 5.41) is 11.6. The fourth-order valence-corrected chi connectivity index (χ4v) is 5.22. The molecular formula is C30H39BrN2O7. The number of pyridine rings is 1. The third kappa shape index (κ3) is 7.68. The molecule has 1 aliphatic heterocycles. The van der Waals surface area contributed by atoms with Crippen LogP contribution in [0.5, 0.6) is 23.0 Å². The van der Waals surface area contributed by atoms with Gasteiger partial charge in [0, 0.05) is 12.5 Å². The molecule has 0 saturated carbocycles. The lowest BCUT2D eigenvalue weighted by Gasteiger charge is -2.19. The Kier molecular flexibility index (Phi) is 12.1. The van der Waals surface area contributed by atoms with E-state index >= 15 is 0 Å². The maximum atomic E-state index is 10.1. The highest BCUT2D eigenvalue weighted by Gasteiger charge is 2.27. The van der Waals surface area contributed by atoms with Crippen LogP contribution in [0.25, 0.3) is 22.0 Å². The smallest absolute Gasteiger partial charge is 0.294 e. The van der Waals surface area contributed by atoms with Gasteiger partial charge in [0.15, 0.2) is 35.7 Å². The van der Waals surface area contributed by atoms with Crippen molar-refractivity contribution in [3.05, 3.63) is 52.2 Å². The molecule has 0 radical (unpaired) electrons. The van der Waals surface area contributed by atoms with Crippen LogP contribution in [0.2, 0.25) is 0 Å². The zero-order valence-corrected chi connectivity index (χ0v) is 25.2. The van der Waals surface area contributed by atoms with Crippen molar-refractivity contribution in [2.75, 3.05) is 34.5 Å². The fourth-order valence-electron chi connectivity index (χ4n) is 5.22. The number of nitrogens with zero attached hydrogens (tertiary/aromatic N) is 2. The molecule has 0 spiro atoms. The summed E-state index contributed by atoms with van der Waals surface area (Å²) in [6.45, 7) is 1.70. The van der Waals surface area contributed by atoms with Crippen LogP contribution in [-0.2, 0) is 17.8 Å². The van der Waals surface area contributed by atoms with E-state index in [1.807, 2.05) is 6.07 Å². The Balaban J connectivity index is 0.00000441. The topological polar surface area (TPSA) is 93.2 Å². The molecule has 3 aromatic rings. The van der Waals surface area contributed by atoms with Crippen LogP contribution in [0.1, 0.15) is 56.9 Å². The summed E-state index contributed by atoms with van der Waals surface area (Å²) >= 11 is 0. The highest BCUT2D eigenvalue weighted by Crippen LogP contribution is 2.40. The van der Waals surface area contributed by atoms with Gasteiger partial charge in [0.2, 0.25) is 5.69 Å². The predicted molar refractivity (Wildman–Crippen MR) is 148 cm³/mol. The largest absolute Gasteiger partial charge is 1.00 e. The number of methoxy groups -OCH3 is 3. The zero-order chi connectivity index (χ0) is 27.6. The molecule has 0 unspecified atom stereocenters. The molecular weight excluding hydrogens is 580 g/mol. The summed E-state index contributed by atoms with van der Waals surface area (Å²) in [5.41, 5.74) is 3.55. The Morgan fingerprint density at radius 1 is 0.825 bits per heavy atom.